The van der Waals surface area contributed by atoms with Gasteiger partial charge >= 0.3 is 0 Å². The number of hydrogen-bond acceptors (Lipinski definition) is 14. The number of rotatable bonds is 6. The van der Waals surface area contributed by atoms with Gasteiger partial charge in [0.2, 0.25) is 5.78 Å². The average molecular weight is 657 g/mol. The second-order valence-electron chi connectivity index (χ2n) is 12.9. The standard InChI is InChI=1S/C33H40N2O12/c1-12-27(38)17(34)8-21(44-12)46-20-11-33(14(3)36,47-22-9-18(35)28(39)13(2)45-22)10-16-24(20)32(43-4)26-25(30(16)41)29(40)15-6-5-7-19(37)23(15)31(26)42/h5-7,12-13,17-18,20-22,27-28,37-39,41H,8-11,34-35H2,1-4H3. The first-order chi connectivity index (χ1) is 22.2. The van der Waals surface area contributed by atoms with Crippen molar-refractivity contribution in [1.29, 1.82) is 0 Å². The van der Waals surface area contributed by atoms with E-state index in [-0.39, 0.29) is 64.8 Å². The molecule has 2 aromatic rings. The minimum absolute atomic E-state index is 0.0572. The van der Waals surface area contributed by atoms with E-state index in [9.17, 15) is 34.8 Å². The van der Waals surface area contributed by atoms with Gasteiger partial charge < -0.3 is 55.6 Å². The molecule has 2 aliphatic carbocycles. The fraction of sp³-hybridized carbons (Fsp3) is 0.545. The molecule has 0 bridgehead atoms. The van der Waals surface area contributed by atoms with Crippen LogP contribution in [0.1, 0.15) is 89.1 Å². The van der Waals surface area contributed by atoms with Crippen molar-refractivity contribution in [3.8, 4) is 17.2 Å². The highest BCUT2D eigenvalue weighted by Gasteiger charge is 2.53. The van der Waals surface area contributed by atoms with Crippen molar-refractivity contribution < 1.29 is 58.5 Å². The van der Waals surface area contributed by atoms with Crippen molar-refractivity contribution in [3.05, 3.63) is 51.6 Å². The van der Waals surface area contributed by atoms with Crippen LogP contribution in [0.3, 0.4) is 0 Å². The van der Waals surface area contributed by atoms with Crippen LogP contribution in [0.4, 0.5) is 0 Å². The Balaban J connectivity index is 1.52. The summed E-state index contributed by atoms with van der Waals surface area (Å²) in [4.78, 5) is 41.5. The molecule has 0 amide bonds. The van der Waals surface area contributed by atoms with E-state index in [2.05, 4.69) is 0 Å². The number of aliphatic hydroxyl groups is 2. The highest BCUT2D eigenvalue weighted by molar-refractivity contribution is 6.31. The number of phenols is 2. The molecule has 2 aromatic carbocycles. The van der Waals surface area contributed by atoms with E-state index in [0.717, 1.165) is 0 Å². The van der Waals surface area contributed by atoms with Crippen molar-refractivity contribution in [2.24, 2.45) is 11.5 Å². The van der Waals surface area contributed by atoms with E-state index < -0.39 is 89.6 Å². The minimum Gasteiger partial charge on any atom is -0.507 e. The van der Waals surface area contributed by atoms with Gasteiger partial charge in [-0.05, 0) is 26.8 Å². The van der Waals surface area contributed by atoms with E-state index in [1.54, 1.807) is 13.8 Å². The summed E-state index contributed by atoms with van der Waals surface area (Å²) in [6, 6.07) is 2.65. The van der Waals surface area contributed by atoms with Crippen LogP contribution in [0.2, 0.25) is 0 Å². The predicted molar refractivity (Wildman–Crippen MR) is 162 cm³/mol. The van der Waals surface area contributed by atoms with E-state index in [1.807, 2.05) is 0 Å². The molecule has 2 heterocycles. The smallest absolute Gasteiger partial charge is 0.202 e. The number of methoxy groups -OCH3 is 1. The summed E-state index contributed by atoms with van der Waals surface area (Å²) in [6.45, 7) is 4.58. The number of phenolic OH excluding ortho intramolecular Hbond substituents is 2. The highest BCUT2D eigenvalue weighted by atomic mass is 16.7. The first kappa shape index (κ1) is 33.4. The average Bonchev–Trinajstić information content (AvgIpc) is 3.01. The Morgan fingerprint density at radius 3 is 2.15 bits per heavy atom. The number of aliphatic hydroxyl groups excluding tert-OH is 2. The number of carbonyl (C=O) groups is 3. The summed E-state index contributed by atoms with van der Waals surface area (Å²) in [5, 5.41) is 43.2. The van der Waals surface area contributed by atoms with E-state index in [4.69, 9.17) is 35.2 Å². The van der Waals surface area contributed by atoms with Gasteiger partial charge in [-0.3, -0.25) is 14.4 Å². The molecule has 2 fully saturated rings. The molecule has 14 nitrogen and oxygen atoms in total. The number of nitrogens with two attached hydrogens (primary N) is 2. The quantitative estimate of drug-likeness (QED) is 0.216. The van der Waals surface area contributed by atoms with Gasteiger partial charge in [0.05, 0.1) is 54.3 Å². The number of hydrogen-bond donors (Lipinski definition) is 6. The molecule has 254 valence electrons. The second-order valence-corrected chi connectivity index (χ2v) is 12.9. The van der Waals surface area contributed by atoms with Crippen LogP contribution in [-0.4, -0.2) is 99.6 Å². The van der Waals surface area contributed by atoms with Gasteiger partial charge in [0.15, 0.2) is 24.1 Å². The molecule has 14 heteroatoms. The molecule has 0 saturated carbocycles. The largest absolute Gasteiger partial charge is 0.507 e. The number of ether oxygens (including phenoxy) is 5. The Hall–Kier alpha value is -3.47. The maximum atomic E-state index is 14.0. The summed E-state index contributed by atoms with van der Waals surface area (Å²) in [5.74, 6) is -2.98. The van der Waals surface area contributed by atoms with Gasteiger partial charge in [-0.25, -0.2) is 0 Å². The Bertz CT molecular complexity index is 1610. The molecule has 8 N–H and O–H groups in total. The Kier molecular flexibility index (Phi) is 8.68. The lowest BCUT2D eigenvalue weighted by Gasteiger charge is -2.46. The molecule has 10 atom stereocenters. The second kappa shape index (κ2) is 12.2. The molecule has 6 rings (SSSR count). The van der Waals surface area contributed by atoms with Crippen molar-refractivity contribution in [1.82, 2.24) is 0 Å². The monoisotopic (exact) mass is 656 g/mol. The van der Waals surface area contributed by atoms with Crippen LogP contribution < -0.4 is 16.2 Å². The molecule has 47 heavy (non-hydrogen) atoms. The van der Waals surface area contributed by atoms with Crippen LogP contribution in [0.5, 0.6) is 17.2 Å². The van der Waals surface area contributed by atoms with Crippen LogP contribution >= 0.6 is 0 Å². The van der Waals surface area contributed by atoms with Gasteiger partial charge in [-0.15, -0.1) is 0 Å². The maximum absolute atomic E-state index is 14.0. The van der Waals surface area contributed by atoms with Crippen molar-refractivity contribution in [2.75, 3.05) is 7.11 Å². The number of ketones is 3. The first-order valence-corrected chi connectivity index (χ1v) is 15.6. The summed E-state index contributed by atoms with van der Waals surface area (Å²) in [5.41, 5.74) is 9.93. The van der Waals surface area contributed by atoms with Crippen molar-refractivity contribution in [2.45, 2.75) is 107 Å². The van der Waals surface area contributed by atoms with E-state index in [0.29, 0.717) is 0 Å². The summed E-state index contributed by atoms with van der Waals surface area (Å²) < 4.78 is 30.5. The summed E-state index contributed by atoms with van der Waals surface area (Å²) in [6.07, 6.45) is -6.82. The maximum Gasteiger partial charge on any atom is 0.202 e. The number of carbonyl (C=O) groups excluding carboxylic acids is 3. The number of aromatic hydroxyl groups is 2. The fourth-order valence-corrected chi connectivity index (χ4v) is 7.26. The van der Waals surface area contributed by atoms with Gasteiger partial charge in [0.25, 0.3) is 0 Å². The molecule has 4 aliphatic rings. The third-order valence-corrected chi connectivity index (χ3v) is 9.86. The lowest BCUT2D eigenvalue weighted by molar-refractivity contribution is -0.277. The molecule has 0 spiro atoms. The minimum atomic E-state index is -1.71. The van der Waals surface area contributed by atoms with Crippen molar-refractivity contribution in [3.63, 3.8) is 0 Å². The molecular weight excluding hydrogens is 616 g/mol. The molecule has 2 aliphatic heterocycles. The van der Waals surface area contributed by atoms with Crippen LogP contribution in [0.15, 0.2) is 18.2 Å². The summed E-state index contributed by atoms with van der Waals surface area (Å²) >= 11 is 0. The third kappa shape index (κ3) is 5.42. The zero-order chi connectivity index (χ0) is 34.1. The fourth-order valence-electron chi connectivity index (χ4n) is 7.26. The lowest BCUT2D eigenvalue weighted by Crippen LogP contribution is -2.56. The van der Waals surface area contributed by atoms with Gasteiger partial charge in [0, 0.05) is 54.5 Å². The molecule has 0 radical (unpaired) electrons. The Morgan fingerprint density at radius 2 is 1.55 bits per heavy atom. The molecule has 0 aromatic heterocycles. The number of Topliss-reactive ketones (excluding diaryl/α,β-unsaturated/α-hetero) is 1. The SMILES string of the molecule is COc1c2c(c(O)c3c1C(OC1CC(N)C(O)C(C)O1)CC(OC1CC(N)C(O)C(C)O1)(C(C)=O)C3)C(=O)c1cccc(O)c1C2=O. The molecular formula is C33H40N2O12. The van der Waals surface area contributed by atoms with Crippen LogP contribution in [0, 0.1) is 0 Å². The molecule has 2 saturated heterocycles. The van der Waals surface area contributed by atoms with Gasteiger partial charge in [-0.2, -0.15) is 0 Å². The van der Waals surface area contributed by atoms with Crippen LogP contribution in [-0.2, 0) is 30.2 Å². The molecule has 10 unspecified atom stereocenters. The Labute approximate surface area is 270 Å². The normalized spacial score (nSPS) is 35.1. The highest BCUT2D eigenvalue weighted by Crippen LogP contribution is 2.54. The number of fused-ring (bicyclic) bond motifs is 3. The summed E-state index contributed by atoms with van der Waals surface area (Å²) in [7, 11) is 1.29. The predicted octanol–water partition coefficient (Wildman–Crippen LogP) is 0.876. The number of benzene rings is 2. The lowest BCUT2D eigenvalue weighted by atomic mass is 9.71. The van der Waals surface area contributed by atoms with Crippen LogP contribution in [0.25, 0.3) is 0 Å². The van der Waals surface area contributed by atoms with E-state index in [1.165, 1.54) is 32.2 Å². The van der Waals surface area contributed by atoms with Crippen molar-refractivity contribution >= 4 is 17.3 Å². The van der Waals surface area contributed by atoms with Gasteiger partial charge in [0.1, 0.15) is 22.8 Å². The zero-order valence-corrected chi connectivity index (χ0v) is 26.5. The zero-order valence-electron chi connectivity index (χ0n) is 26.5. The first-order valence-electron chi connectivity index (χ1n) is 15.6. The topological polar surface area (TPSA) is 230 Å². The third-order valence-electron chi connectivity index (χ3n) is 9.86. The van der Waals surface area contributed by atoms with Gasteiger partial charge in [-0.1, -0.05) is 12.1 Å². The Morgan fingerprint density at radius 1 is 0.936 bits per heavy atom. The van der Waals surface area contributed by atoms with E-state index >= 15 is 0 Å².